The number of nitrogens with one attached hydrogen (secondary N) is 1. The van der Waals surface area contributed by atoms with Gasteiger partial charge in [-0.05, 0) is 30.7 Å². The van der Waals surface area contributed by atoms with Gasteiger partial charge in [0.25, 0.3) is 0 Å². The third-order valence-electron chi connectivity index (χ3n) is 3.98. The van der Waals surface area contributed by atoms with Crippen molar-refractivity contribution >= 4 is 29.1 Å². The van der Waals surface area contributed by atoms with Gasteiger partial charge >= 0.3 is 0 Å². The Morgan fingerprint density at radius 3 is 2.73 bits per heavy atom. The zero-order valence-corrected chi connectivity index (χ0v) is 17.9. The Balaban J connectivity index is 1.65. The number of carbonyl (C=O) groups excluding carboxylic acids is 1. The first-order chi connectivity index (χ1) is 14.4. The molecule has 2 aromatic carbocycles. The Labute approximate surface area is 185 Å². The highest BCUT2D eigenvalue weighted by Gasteiger charge is 2.11. The van der Waals surface area contributed by atoms with Gasteiger partial charge < -0.3 is 24.6 Å². The molecule has 1 unspecified atom stereocenters. The lowest BCUT2D eigenvalue weighted by atomic mass is 10.2. The van der Waals surface area contributed by atoms with Crippen LogP contribution in [0.1, 0.15) is 18.4 Å². The van der Waals surface area contributed by atoms with Gasteiger partial charge in [-0.3, -0.25) is 4.79 Å². The molecule has 1 amide bonds. The molecule has 0 aliphatic rings. The second kappa shape index (κ2) is 12.1. The predicted molar refractivity (Wildman–Crippen MR) is 113 cm³/mol. The molecule has 0 fully saturated rings. The number of nitriles is 1. The highest BCUT2D eigenvalue weighted by molar-refractivity contribution is 6.42. The van der Waals surface area contributed by atoms with Crippen molar-refractivity contribution in [3.05, 3.63) is 52.0 Å². The summed E-state index contributed by atoms with van der Waals surface area (Å²) < 4.78 is 16.2. The van der Waals surface area contributed by atoms with Crippen molar-refractivity contribution in [1.82, 2.24) is 5.32 Å². The first kappa shape index (κ1) is 23.6. The summed E-state index contributed by atoms with van der Waals surface area (Å²) >= 11 is 11.9. The van der Waals surface area contributed by atoms with Gasteiger partial charge in [0.15, 0.2) is 11.5 Å². The molecular weight excluding hydrogens is 431 g/mol. The van der Waals surface area contributed by atoms with E-state index >= 15 is 0 Å². The van der Waals surface area contributed by atoms with Gasteiger partial charge in [0.2, 0.25) is 5.91 Å². The molecule has 0 saturated carbocycles. The van der Waals surface area contributed by atoms with Crippen LogP contribution in [0, 0.1) is 11.3 Å². The monoisotopic (exact) mass is 452 g/mol. The minimum absolute atomic E-state index is 0.0397. The van der Waals surface area contributed by atoms with Crippen LogP contribution >= 0.6 is 23.2 Å². The van der Waals surface area contributed by atoms with E-state index in [2.05, 4.69) is 5.32 Å². The summed E-state index contributed by atoms with van der Waals surface area (Å²) in [7, 11) is 1.49. The minimum Gasteiger partial charge on any atom is -0.493 e. The molecule has 9 heteroatoms. The molecule has 7 nitrogen and oxygen atoms in total. The first-order valence-electron chi connectivity index (χ1n) is 9.17. The molecule has 1 atom stereocenters. The fourth-order valence-corrected chi connectivity index (χ4v) is 2.78. The first-order valence-corrected chi connectivity index (χ1v) is 9.92. The molecule has 0 heterocycles. The highest BCUT2D eigenvalue weighted by Crippen LogP contribution is 2.31. The van der Waals surface area contributed by atoms with Crippen molar-refractivity contribution < 1.29 is 24.1 Å². The van der Waals surface area contributed by atoms with Crippen LogP contribution in [-0.4, -0.2) is 44.0 Å². The van der Waals surface area contributed by atoms with E-state index in [1.54, 1.807) is 36.4 Å². The fraction of sp³-hybridized carbons (Fsp3) is 0.333. The Hall–Kier alpha value is -2.66. The standard InChI is InChI=1S/C21H22Cl2N2O5/c1-28-19-10-14(11-24)7-8-17(19)29-9-3-6-20(27)25-12-15(26)13-30-18-5-2-4-16(22)21(18)23/h2,4-5,7-8,10,15,26H,3,6,9,12-13H2,1H3,(H,25,27). The van der Waals surface area contributed by atoms with Crippen LogP contribution in [0.3, 0.4) is 0 Å². The lowest BCUT2D eigenvalue weighted by molar-refractivity contribution is -0.121. The van der Waals surface area contributed by atoms with Crippen molar-refractivity contribution in [3.8, 4) is 23.3 Å². The van der Waals surface area contributed by atoms with E-state index in [4.69, 9.17) is 42.7 Å². The third kappa shape index (κ3) is 7.30. The Morgan fingerprint density at radius 1 is 1.20 bits per heavy atom. The molecule has 30 heavy (non-hydrogen) atoms. The van der Waals surface area contributed by atoms with Gasteiger partial charge in [0.1, 0.15) is 23.5 Å². The van der Waals surface area contributed by atoms with Gasteiger partial charge in [0.05, 0.1) is 30.4 Å². The summed E-state index contributed by atoms with van der Waals surface area (Å²) in [6.45, 7) is 0.303. The summed E-state index contributed by atoms with van der Waals surface area (Å²) in [5, 5.41) is 22.1. The van der Waals surface area contributed by atoms with E-state index in [0.29, 0.717) is 40.9 Å². The number of hydrogen-bond donors (Lipinski definition) is 2. The maximum Gasteiger partial charge on any atom is 0.220 e. The summed E-state index contributed by atoms with van der Waals surface area (Å²) in [4.78, 5) is 11.9. The summed E-state index contributed by atoms with van der Waals surface area (Å²) in [6.07, 6.45) is -0.199. The predicted octanol–water partition coefficient (Wildman–Crippen LogP) is 3.59. The summed E-state index contributed by atoms with van der Waals surface area (Å²) in [5.74, 6) is 1.11. The zero-order chi connectivity index (χ0) is 21.9. The quantitative estimate of drug-likeness (QED) is 0.505. The van der Waals surface area contributed by atoms with Crippen molar-refractivity contribution in [2.45, 2.75) is 18.9 Å². The van der Waals surface area contributed by atoms with Crippen LogP contribution in [0.5, 0.6) is 17.2 Å². The number of carbonyl (C=O) groups is 1. The number of halogens is 2. The van der Waals surface area contributed by atoms with E-state index in [1.165, 1.54) is 7.11 Å². The molecule has 0 spiro atoms. The number of aliphatic hydroxyl groups is 1. The minimum atomic E-state index is -0.900. The van der Waals surface area contributed by atoms with Crippen LogP contribution in [0.15, 0.2) is 36.4 Å². The van der Waals surface area contributed by atoms with Gasteiger partial charge in [-0.2, -0.15) is 5.26 Å². The topological polar surface area (TPSA) is 101 Å². The molecule has 2 rings (SSSR count). The third-order valence-corrected chi connectivity index (χ3v) is 4.78. The number of methoxy groups -OCH3 is 1. The van der Waals surface area contributed by atoms with Crippen LogP contribution in [0.25, 0.3) is 0 Å². The molecule has 0 aliphatic carbocycles. The van der Waals surface area contributed by atoms with Crippen molar-refractivity contribution in [2.24, 2.45) is 0 Å². The van der Waals surface area contributed by atoms with E-state index in [-0.39, 0.29) is 30.5 Å². The highest BCUT2D eigenvalue weighted by atomic mass is 35.5. The molecule has 0 aliphatic heterocycles. The normalized spacial score (nSPS) is 11.3. The van der Waals surface area contributed by atoms with E-state index in [1.807, 2.05) is 6.07 Å². The zero-order valence-electron chi connectivity index (χ0n) is 16.4. The van der Waals surface area contributed by atoms with Crippen LogP contribution in [-0.2, 0) is 4.79 Å². The molecule has 2 aromatic rings. The summed E-state index contributed by atoms with van der Waals surface area (Å²) in [5.41, 5.74) is 0.471. The van der Waals surface area contributed by atoms with Gasteiger partial charge in [0, 0.05) is 19.0 Å². The Bertz CT molecular complexity index is 901. The van der Waals surface area contributed by atoms with Gasteiger partial charge in [-0.25, -0.2) is 0 Å². The number of rotatable bonds is 11. The van der Waals surface area contributed by atoms with Crippen molar-refractivity contribution in [2.75, 3.05) is 26.9 Å². The number of benzene rings is 2. The molecule has 0 aromatic heterocycles. The van der Waals surface area contributed by atoms with Crippen LogP contribution in [0.4, 0.5) is 0 Å². The molecule has 0 saturated heterocycles. The average Bonchev–Trinajstić information content (AvgIpc) is 2.76. The largest absolute Gasteiger partial charge is 0.493 e. The Kier molecular flexibility index (Phi) is 9.55. The lowest BCUT2D eigenvalue weighted by Crippen LogP contribution is -2.35. The van der Waals surface area contributed by atoms with Crippen LogP contribution < -0.4 is 19.5 Å². The fourth-order valence-electron chi connectivity index (χ4n) is 2.43. The molecule has 2 N–H and O–H groups in total. The number of hydrogen-bond acceptors (Lipinski definition) is 6. The SMILES string of the molecule is COc1cc(C#N)ccc1OCCCC(=O)NCC(O)COc1cccc(Cl)c1Cl. The van der Waals surface area contributed by atoms with Gasteiger partial charge in [-0.15, -0.1) is 0 Å². The van der Waals surface area contributed by atoms with E-state index in [9.17, 15) is 9.90 Å². The number of ether oxygens (including phenoxy) is 3. The smallest absolute Gasteiger partial charge is 0.220 e. The molecule has 160 valence electrons. The average molecular weight is 453 g/mol. The maximum atomic E-state index is 11.9. The molecular formula is C21H22Cl2N2O5. The lowest BCUT2D eigenvalue weighted by Gasteiger charge is -2.14. The Morgan fingerprint density at radius 2 is 2.00 bits per heavy atom. The number of amides is 1. The number of aliphatic hydroxyl groups excluding tert-OH is 1. The number of nitrogens with zero attached hydrogens (tertiary/aromatic N) is 1. The maximum absolute atomic E-state index is 11.9. The summed E-state index contributed by atoms with van der Waals surface area (Å²) in [6, 6.07) is 11.9. The molecule has 0 radical (unpaired) electrons. The van der Waals surface area contributed by atoms with E-state index in [0.717, 1.165) is 0 Å². The molecule has 0 bridgehead atoms. The van der Waals surface area contributed by atoms with Crippen molar-refractivity contribution in [3.63, 3.8) is 0 Å². The van der Waals surface area contributed by atoms with Crippen molar-refractivity contribution in [1.29, 1.82) is 5.26 Å². The van der Waals surface area contributed by atoms with Crippen LogP contribution in [0.2, 0.25) is 10.0 Å². The van der Waals surface area contributed by atoms with Gasteiger partial charge in [-0.1, -0.05) is 29.3 Å². The second-order valence-corrected chi connectivity index (χ2v) is 7.04. The second-order valence-electron chi connectivity index (χ2n) is 6.25. The van der Waals surface area contributed by atoms with E-state index < -0.39 is 6.10 Å².